The Hall–Kier alpha value is -0.980. The largest absolute Gasteiger partial charge is 0.389 e. The minimum Gasteiger partial charge on any atom is -0.389 e. The molecule has 1 N–H and O–H groups in total. The number of nitrogens with zero attached hydrogens (tertiary/aromatic N) is 2. The van der Waals surface area contributed by atoms with E-state index in [1.807, 2.05) is 6.92 Å². The van der Waals surface area contributed by atoms with E-state index in [2.05, 4.69) is 9.36 Å². The first-order valence-corrected chi connectivity index (χ1v) is 7.02. The molecule has 1 atom stereocenters. The number of rotatable bonds is 3. The first-order valence-electron chi connectivity index (χ1n) is 5.43. The summed E-state index contributed by atoms with van der Waals surface area (Å²) in [6, 6.07) is 3.12. The van der Waals surface area contributed by atoms with E-state index in [9.17, 15) is 9.50 Å². The van der Waals surface area contributed by atoms with Gasteiger partial charge in [0.1, 0.15) is 11.6 Å². The maximum Gasteiger partial charge on any atom is 0.174 e. The number of hydrogen-bond donors (Lipinski definition) is 1. The van der Waals surface area contributed by atoms with E-state index in [0.29, 0.717) is 11.1 Å². The van der Waals surface area contributed by atoms with Crippen molar-refractivity contribution in [2.24, 2.45) is 0 Å². The molecule has 1 heterocycles. The van der Waals surface area contributed by atoms with Crippen LogP contribution in [-0.4, -0.2) is 14.5 Å². The van der Waals surface area contributed by atoms with Gasteiger partial charge < -0.3 is 5.11 Å². The molecule has 0 aliphatic rings. The highest BCUT2D eigenvalue weighted by molar-refractivity contribution is 8.01. The van der Waals surface area contributed by atoms with Crippen LogP contribution in [0.15, 0.2) is 21.4 Å². The second-order valence-corrected chi connectivity index (χ2v) is 6.07. The summed E-state index contributed by atoms with van der Waals surface area (Å²) in [5.41, 5.74) is 1.14. The first-order chi connectivity index (χ1) is 8.47. The summed E-state index contributed by atoms with van der Waals surface area (Å²) in [7, 11) is 0. The van der Waals surface area contributed by atoms with Crippen LogP contribution in [0, 0.1) is 19.7 Å². The van der Waals surface area contributed by atoms with Crippen molar-refractivity contribution in [1.29, 1.82) is 0 Å². The lowest BCUT2D eigenvalue weighted by atomic mass is 10.1. The molecule has 0 radical (unpaired) electrons. The molecule has 3 nitrogen and oxygen atoms in total. The number of aromatic nitrogens is 2. The summed E-state index contributed by atoms with van der Waals surface area (Å²) >= 11 is 2.71. The molecule has 1 aromatic heterocycles. The molecule has 6 heteroatoms. The minimum absolute atomic E-state index is 0.302. The normalized spacial score (nSPS) is 12.7. The van der Waals surface area contributed by atoms with Gasteiger partial charge in [-0.05, 0) is 55.6 Å². The topological polar surface area (TPSA) is 46.0 Å². The Bertz CT molecular complexity index is 569. The lowest BCUT2D eigenvalue weighted by Crippen LogP contribution is -1.97. The third-order valence-corrected chi connectivity index (χ3v) is 4.36. The van der Waals surface area contributed by atoms with Crippen LogP contribution in [0.4, 0.5) is 4.39 Å². The number of halogens is 1. The zero-order valence-corrected chi connectivity index (χ0v) is 11.9. The fourth-order valence-electron chi connectivity index (χ4n) is 1.50. The monoisotopic (exact) mass is 284 g/mol. The zero-order chi connectivity index (χ0) is 13.3. The third-order valence-electron chi connectivity index (χ3n) is 2.45. The quantitative estimate of drug-likeness (QED) is 0.937. The average molecular weight is 284 g/mol. The van der Waals surface area contributed by atoms with Gasteiger partial charge in [0.15, 0.2) is 4.34 Å². The Morgan fingerprint density at radius 2 is 2.11 bits per heavy atom. The maximum absolute atomic E-state index is 13.5. The van der Waals surface area contributed by atoms with E-state index in [-0.39, 0.29) is 5.82 Å². The Balaban J connectivity index is 2.39. The second kappa shape index (κ2) is 5.34. The number of aliphatic hydroxyl groups is 1. The van der Waals surface area contributed by atoms with E-state index < -0.39 is 6.10 Å². The smallest absolute Gasteiger partial charge is 0.174 e. The molecular formula is C12H13FN2OS2. The van der Waals surface area contributed by atoms with Gasteiger partial charge in [0, 0.05) is 4.90 Å². The van der Waals surface area contributed by atoms with E-state index in [1.165, 1.54) is 29.4 Å². The van der Waals surface area contributed by atoms with Crippen LogP contribution in [0.2, 0.25) is 0 Å². The van der Waals surface area contributed by atoms with E-state index in [1.54, 1.807) is 19.9 Å². The molecule has 18 heavy (non-hydrogen) atoms. The van der Waals surface area contributed by atoms with Gasteiger partial charge in [0.05, 0.1) is 6.10 Å². The Morgan fingerprint density at radius 3 is 2.67 bits per heavy atom. The summed E-state index contributed by atoms with van der Waals surface area (Å²) in [5, 5.41) is 9.69. The predicted molar refractivity (Wildman–Crippen MR) is 70.5 cm³/mol. The molecule has 0 bridgehead atoms. The zero-order valence-electron chi connectivity index (χ0n) is 10.3. The van der Waals surface area contributed by atoms with E-state index in [0.717, 1.165) is 15.1 Å². The van der Waals surface area contributed by atoms with Crippen LogP contribution < -0.4 is 0 Å². The van der Waals surface area contributed by atoms with Gasteiger partial charge in [0.2, 0.25) is 0 Å². The summed E-state index contributed by atoms with van der Waals surface area (Å²) < 4.78 is 18.4. The van der Waals surface area contributed by atoms with Gasteiger partial charge in [-0.15, -0.1) is 0 Å². The van der Waals surface area contributed by atoms with Crippen molar-refractivity contribution in [3.05, 3.63) is 34.9 Å². The van der Waals surface area contributed by atoms with Crippen molar-refractivity contribution >= 4 is 23.3 Å². The lowest BCUT2D eigenvalue weighted by molar-refractivity contribution is 0.196. The van der Waals surface area contributed by atoms with Gasteiger partial charge in [-0.25, -0.2) is 9.37 Å². The highest BCUT2D eigenvalue weighted by Crippen LogP contribution is 2.35. The highest BCUT2D eigenvalue weighted by Gasteiger charge is 2.14. The summed E-state index contributed by atoms with van der Waals surface area (Å²) in [6.45, 7) is 5.15. The highest BCUT2D eigenvalue weighted by atomic mass is 32.2. The molecule has 0 amide bonds. The van der Waals surface area contributed by atoms with Gasteiger partial charge >= 0.3 is 0 Å². The van der Waals surface area contributed by atoms with Crippen molar-refractivity contribution in [2.45, 2.75) is 36.1 Å². The molecule has 2 aromatic rings. The van der Waals surface area contributed by atoms with Crippen molar-refractivity contribution in [3.63, 3.8) is 0 Å². The molecule has 0 unspecified atom stereocenters. The number of hydrogen-bond acceptors (Lipinski definition) is 5. The lowest BCUT2D eigenvalue weighted by Gasteiger charge is -2.12. The number of aryl methyl sites for hydroxylation is 2. The fraction of sp³-hybridized carbons (Fsp3) is 0.333. The Morgan fingerprint density at radius 1 is 1.39 bits per heavy atom. The SMILES string of the molecule is Cc1nsc(Sc2cc(C)c(F)cc2[C@H](C)O)n1. The molecule has 0 saturated carbocycles. The molecule has 1 aromatic carbocycles. The number of aliphatic hydroxyl groups excluding tert-OH is 1. The molecule has 0 aliphatic heterocycles. The van der Waals surface area contributed by atoms with Crippen LogP contribution in [0.1, 0.15) is 30.0 Å². The van der Waals surface area contributed by atoms with E-state index >= 15 is 0 Å². The molecular weight excluding hydrogens is 271 g/mol. The van der Waals surface area contributed by atoms with Gasteiger partial charge in [0.25, 0.3) is 0 Å². The van der Waals surface area contributed by atoms with Crippen molar-refractivity contribution < 1.29 is 9.50 Å². The summed E-state index contributed by atoms with van der Waals surface area (Å²) in [6.07, 6.45) is -0.711. The minimum atomic E-state index is -0.711. The van der Waals surface area contributed by atoms with Crippen molar-refractivity contribution in [1.82, 2.24) is 9.36 Å². The molecule has 0 saturated heterocycles. The van der Waals surface area contributed by atoms with Crippen LogP contribution in [-0.2, 0) is 0 Å². The molecule has 0 fully saturated rings. The maximum atomic E-state index is 13.5. The van der Waals surface area contributed by atoms with Gasteiger partial charge in [-0.3, -0.25) is 0 Å². The fourth-order valence-corrected chi connectivity index (χ4v) is 3.40. The Kier molecular flexibility index (Phi) is 3.99. The third kappa shape index (κ3) is 2.88. The van der Waals surface area contributed by atoms with Crippen molar-refractivity contribution in [3.8, 4) is 0 Å². The van der Waals surface area contributed by atoms with Crippen LogP contribution >= 0.6 is 23.3 Å². The summed E-state index contributed by atoms with van der Waals surface area (Å²) in [5.74, 6) is 0.420. The standard InChI is InChI=1S/C12H13FN2OS2/c1-6-4-11(9(7(2)16)5-10(6)13)17-12-14-8(3)15-18-12/h4-5,7,16H,1-3H3/t7-/m0/s1. The second-order valence-electron chi connectivity index (χ2n) is 4.02. The average Bonchev–Trinajstić information content (AvgIpc) is 2.68. The van der Waals surface area contributed by atoms with Gasteiger partial charge in [-0.2, -0.15) is 4.37 Å². The predicted octanol–water partition coefficient (Wildman–Crippen LogP) is 3.50. The first kappa shape index (κ1) is 13.5. The van der Waals surface area contributed by atoms with Crippen LogP contribution in [0.25, 0.3) is 0 Å². The van der Waals surface area contributed by atoms with E-state index in [4.69, 9.17) is 0 Å². The van der Waals surface area contributed by atoms with Crippen molar-refractivity contribution in [2.75, 3.05) is 0 Å². The van der Waals surface area contributed by atoms with Crippen LogP contribution in [0.3, 0.4) is 0 Å². The molecule has 0 aliphatic carbocycles. The molecule has 96 valence electrons. The summed E-state index contributed by atoms with van der Waals surface area (Å²) in [4.78, 5) is 5.07. The van der Waals surface area contributed by atoms with Crippen LogP contribution in [0.5, 0.6) is 0 Å². The molecule has 2 rings (SSSR count). The Labute approximate surface area is 113 Å². The molecule has 0 spiro atoms. The number of benzene rings is 1. The van der Waals surface area contributed by atoms with Gasteiger partial charge in [-0.1, -0.05) is 11.8 Å².